The second kappa shape index (κ2) is 4.75. The van der Waals surface area contributed by atoms with Gasteiger partial charge in [0, 0.05) is 13.2 Å². The monoisotopic (exact) mass is 264 g/mol. The summed E-state index contributed by atoms with van der Waals surface area (Å²) < 4.78 is 2.60. The molecule has 7 nitrogen and oxygen atoms in total. The van der Waals surface area contributed by atoms with Crippen LogP contribution >= 0.6 is 0 Å². The van der Waals surface area contributed by atoms with E-state index in [1.54, 1.807) is 17.5 Å². The highest BCUT2D eigenvalue weighted by molar-refractivity contribution is 5.66. The molecule has 19 heavy (non-hydrogen) atoms. The van der Waals surface area contributed by atoms with Crippen LogP contribution in [0.1, 0.15) is 25.3 Å². The summed E-state index contributed by atoms with van der Waals surface area (Å²) in [4.78, 5) is 22.9. The SMILES string of the molecule is CNc1nn(CC(=O)O)c(=O)c2cc(C(C)C)cn12. The number of fused-ring (bicyclic) bond motifs is 1. The van der Waals surface area contributed by atoms with Gasteiger partial charge in [-0.1, -0.05) is 13.8 Å². The van der Waals surface area contributed by atoms with Crippen molar-refractivity contribution < 1.29 is 9.90 Å². The summed E-state index contributed by atoms with van der Waals surface area (Å²) >= 11 is 0. The Morgan fingerprint density at radius 2 is 2.21 bits per heavy atom. The minimum Gasteiger partial charge on any atom is -0.480 e. The van der Waals surface area contributed by atoms with Crippen molar-refractivity contribution in [3.8, 4) is 0 Å². The first-order chi connectivity index (χ1) is 8.93. The third-order valence-corrected chi connectivity index (χ3v) is 2.91. The summed E-state index contributed by atoms with van der Waals surface area (Å²) in [5.74, 6) is -0.392. The maximum Gasteiger partial charge on any atom is 0.325 e. The number of rotatable bonds is 4. The van der Waals surface area contributed by atoms with Gasteiger partial charge in [-0.05, 0) is 17.5 Å². The maximum absolute atomic E-state index is 12.2. The van der Waals surface area contributed by atoms with E-state index in [0.29, 0.717) is 11.5 Å². The lowest BCUT2D eigenvalue weighted by Gasteiger charge is -2.07. The van der Waals surface area contributed by atoms with Crippen molar-refractivity contribution in [2.24, 2.45) is 0 Å². The van der Waals surface area contributed by atoms with E-state index in [0.717, 1.165) is 10.2 Å². The molecular weight excluding hydrogens is 248 g/mol. The van der Waals surface area contributed by atoms with Gasteiger partial charge in [0.15, 0.2) is 0 Å². The predicted molar refractivity (Wildman–Crippen MR) is 70.7 cm³/mol. The Kier molecular flexibility index (Phi) is 3.28. The topological polar surface area (TPSA) is 88.6 Å². The number of aromatic nitrogens is 3. The second-order valence-corrected chi connectivity index (χ2v) is 4.61. The van der Waals surface area contributed by atoms with E-state index >= 15 is 0 Å². The number of hydrogen-bond donors (Lipinski definition) is 2. The number of anilines is 1. The number of carboxylic acid groups (broad SMARTS) is 1. The van der Waals surface area contributed by atoms with E-state index in [1.807, 2.05) is 20.0 Å². The van der Waals surface area contributed by atoms with E-state index in [2.05, 4.69) is 10.4 Å². The molecule has 0 aliphatic carbocycles. The Balaban J connectivity index is 2.72. The van der Waals surface area contributed by atoms with Crippen molar-refractivity contribution in [3.05, 3.63) is 28.2 Å². The zero-order valence-corrected chi connectivity index (χ0v) is 11.0. The minimum atomic E-state index is -1.10. The molecule has 7 heteroatoms. The molecule has 0 amide bonds. The molecule has 0 atom stereocenters. The van der Waals surface area contributed by atoms with Gasteiger partial charge in [0.1, 0.15) is 12.1 Å². The number of carboxylic acids is 1. The molecule has 2 rings (SSSR count). The average Bonchev–Trinajstić information content (AvgIpc) is 2.77. The quantitative estimate of drug-likeness (QED) is 0.850. The van der Waals surface area contributed by atoms with Gasteiger partial charge in [0.25, 0.3) is 5.56 Å². The molecular formula is C12H16N4O3. The minimum absolute atomic E-state index is 0.275. The molecule has 2 heterocycles. The van der Waals surface area contributed by atoms with Crippen molar-refractivity contribution in [1.82, 2.24) is 14.2 Å². The van der Waals surface area contributed by atoms with Gasteiger partial charge in [0.2, 0.25) is 5.95 Å². The molecule has 0 saturated heterocycles. The Labute approximate surface area is 109 Å². The van der Waals surface area contributed by atoms with E-state index in [4.69, 9.17) is 5.11 Å². The Morgan fingerprint density at radius 1 is 1.53 bits per heavy atom. The smallest absolute Gasteiger partial charge is 0.325 e. The number of hydrogen-bond acceptors (Lipinski definition) is 4. The summed E-state index contributed by atoms with van der Waals surface area (Å²) in [6, 6.07) is 1.77. The Morgan fingerprint density at radius 3 is 2.74 bits per heavy atom. The molecule has 102 valence electrons. The van der Waals surface area contributed by atoms with Crippen LogP contribution in [0.4, 0.5) is 5.95 Å². The summed E-state index contributed by atoms with van der Waals surface area (Å²) in [7, 11) is 1.67. The van der Waals surface area contributed by atoms with Crippen molar-refractivity contribution in [2.75, 3.05) is 12.4 Å². The van der Waals surface area contributed by atoms with Crippen molar-refractivity contribution >= 4 is 17.4 Å². The van der Waals surface area contributed by atoms with Crippen molar-refractivity contribution in [2.45, 2.75) is 26.3 Å². The molecule has 2 N–H and O–H groups in total. The molecule has 0 bridgehead atoms. The highest BCUT2D eigenvalue weighted by atomic mass is 16.4. The van der Waals surface area contributed by atoms with E-state index in [-0.39, 0.29) is 5.92 Å². The van der Waals surface area contributed by atoms with Gasteiger partial charge >= 0.3 is 5.97 Å². The molecule has 0 aliphatic heterocycles. The molecule has 0 spiro atoms. The summed E-state index contributed by atoms with van der Waals surface area (Å²) in [6.07, 6.45) is 1.84. The lowest BCUT2D eigenvalue weighted by atomic mass is 10.1. The number of carbonyl (C=O) groups is 1. The van der Waals surface area contributed by atoms with Gasteiger partial charge < -0.3 is 10.4 Å². The van der Waals surface area contributed by atoms with Crippen LogP contribution in [0, 0.1) is 0 Å². The first-order valence-electron chi connectivity index (χ1n) is 5.96. The van der Waals surface area contributed by atoms with Crippen LogP contribution in [0.15, 0.2) is 17.1 Å². The molecule has 2 aromatic heterocycles. The lowest BCUT2D eigenvalue weighted by Crippen LogP contribution is -2.29. The van der Waals surface area contributed by atoms with Gasteiger partial charge in [-0.25, -0.2) is 4.68 Å². The zero-order valence-electron chi connectivity index (χ0n) is 11.0. The zero-order chi connectivity index (χ0) is 14.2. The Hall–Kier alpha value is -2.31. The summed E-state index contributed by atoms with van der Waals surface area (Å²) in [5, 5.41) is 15.7. The number of nitrogens with one attached hydrogen (secondary N) is 1. The third-order valence-electron chi connectivity index (χ3n) is 2.91. The lowest BCUT2D eigenvalue weighted by molar-refractivity contribution is -0.137. The predicted octanol–water partition coefficient (Wildman–Crippen LogP) is 0.746. The van der Waals surface area contributed by atoms with E-state index in [9.17, 15) is 9.59 Å². The van der Waals surface area contributed by atoms with Crippen LogP contribution < -0.4 is 10.9 Å². The molecule has 0 fully saturated rings. The van der Waals surface area contributed by atoms with Gasteiger partial charge in [0.05, 0.1) is 0 Å². The van der Waals surface area contributed by atoms with Crippen LogP contribution in [0.25, 0.3) is 5.52 Å². The first kappa shape index (κ1) is 13.1. The van der Waals surface area contributed by atoms with Crippen LogP contribution in [0.2, 0.25) is 0 Å². The van der Waals surface area contributed by atoms with Gasteiger partial charge in [-0.2, -0.15) is 0 Å². The van der Waals surface area contributed by atoms with E-state index in [1.165, 1.54) is 0 Å². The molecule has 2 aromatic rings. The maximum atomic E-state index is 12.2. The number of aliphatic carboxylic acids is 1. The fourth-order valence-corrected chi connectivity index (χ4v) is 1.88. The third kappa shape index (κ3) is 2.31. The molecule has 0 unspecified atom stereocenters. The largest absolute Gasteiger partial charge is 0.480 e. The highest BCUT2D eigenvalue weighted by Gasteiger charge is 2.14. The Bertz CT molecular complexity index is 684. The number of nitrogens with zero attached hydrogens (tertiary/aromatic N) is 3. The van der Waals surface area contributed by atoms with Crippen LogP contribution in [-0.2, 0) is 11.3 Å². The molecule has 0 saturated carbocycles. The van der Waals surface area contributed by atoms with Gasteiger partial charge in [-0.15, -0.1) is 5.10 Å². The standard InChI is InChI=1S/C12H16N4O3/c1-7(2)8-4-9-11(19)16(6-10(17)18)14-12(13-3)15(9)5-8/h4-5,7H,6H2,1-3H3,(H,13,14)(H,17,18). The fraction of sp³-hybridized carbons (Fsp3) is 0.417. The van der Waals surface area contributed by atoms with Crippen LogP contribution in [0.3, 0.4) is 0 Å². The van der Waals surface area contributed by atoms with Crippen LogP contribution in [-0.4, -0.2) is 32.3 Å². The highest BCUT2D eigenvalue weighted by Crippen LogP contribution is 2.18. The van der Waals surface area contributed by atoms with Crippen molar-refractivity contribution in [3.63, 3.8) is 0 Å². The summed E-state index contributed by atoms with van der Waals surface area (Å²) in [5.41, 5.74) is 1.01. The summed E-state index contributed by atoms with van der Waals surface area (Å²) in [6.45, 7) is 3.60. The average molecular weight is 264 g/mol. The molecule has 0 aromatic carbocycles. The first-order valence-corrected chi connectivity index (χ1v) is 5.96. The van der Waals surface area contributed by atoms with Crippen molar-refractivity contribution in [1.29, 1.82) is 0 Å². The molecule has 0 aliphatic rings. The molecule has 0 radical (unpaired) electrons. The normalized spacial score (nSPS) is 11.2. The van der Waals surface area contributed by atoms with Gasteiger partial charge in [-0.3, -0.25) is 14.0 Å². The second-order valence-electron chi connectivity index (χ2n) is 4.61. The fourth-order valence-electron chi connectivity index (χ4n) is 1.88. The van der Waals surface area contributed by atoms with E-state index < -0.39 is 18.1 Å². The van der Waals surface area contributed by atoms with Crippen LogP contribution in [0.5, 0.6) is 0 Å².